The summed E-state index contributed by atoms with van der Waals surface area (Å²) in [5, 5.41) is 39.6. The highest BCUT2D eigenvalue weighted by Gasteiger charge is 2.44. The molecule has 3 atom stereocenters. The first kappa shape index (κ1) is 71.8. The molecule has 21 nitrogen and oxygen atoms in total. The van der Waals surface area contributed by atoms with Crippen molar-refractivity contribution in [2.45, 2.75) is 141 Å². The van der Waals surface area contributed by atoms with Gasteiger partial charge in [0.05, 0.1) is 56.3 Å². The lowest BCUT2D eigenvalue weighted by molar-refractivity contribution is -0.142. The van der Waals surface area contributed by atoms with Crippen LogP contribution in [0.25, 0.3) is 27.0 Å². The van der Waals surface area contributed by atoms with E-state index < -0.39 is 39.5 Å². The second-order valence-corrected chi connectivity index (χ2v) is 31.6. The molecular formula is C74H96ClN13O8S2. The number of nitrogens with one attached hydrogen (secondary N) is 8. The first-order chi connectivity index (χ1) is 47.1. The van der Waals surface area contributed by atoms with E-state index in [1.807, 2.05) is 75.7 Å². The molecule has 4 aliphatic rings. The predicted octanol–water partition coefficient (Wildman–Crippen LogP) is 11.7. The van der Waals surface area contributed by atoms with Crippen molar-refractivity contribution < 1.29 is 37.9 Å². The summed E-state index contributed by atoms with van der Waals surface area (Å²) in [5.74, 6) is -0.478. The van der Waals surface area contributed by atoms with E-state index in [1.54, 1.807) is 46.7 Å². The number of fused-ring (bicyclic) bond motifs is 1. The lowest BCUT2D eigenvalue weighted by atomic mass is 9.72. The van der Waals surface area contributed by atoms with Gasteiger partial charge < -0.3 is 56.1 Å². The third-order valence-electron chi connectivity index (χ3n) is 19.8. The number of H-pyrrole nitrogens is 1. The van der Waals surface area contributed by atoms with E-state index in [4.69, 9.17) is 16.3 Å². The highest BCUT2D eigenvalue weighted by atomic mass is 35.5. The maximum Gasteiger partial charge on any atom is 0.268 e. The number of benzene rings is 4. The Morgan fingerprint density at radius 3 is 2.36 bits per heavy atom. The van der Waals surface area contributed by atoms with Gasteiger partial charge in [0.25, 0.3) is 15.9 Å². The monoisotopic (exact) mass is 1390 g/mol. The van der Waals surface area contributed by atoms with Gasteiger partial charge in [-0.15, -0.1) is 11.3 Å². The first-order valence-corrected chi connectivity index (χ1v) is 37.3. The average Bonchev–Trinajstić information content (AvgIpc) is 1.26. The van der Waals surface area contributed by atoms with Gasteiger partial charge >= 0.3 is 0 Å². The maximum atomic E-state index is 14.3. The molecule has 3 fully saturated rings. The van der Waals surface area contributed by atoms with E-state index >= 15 is 0 Å². The zero-order chi connectivity index (χ0) is 69.1. The summed E-state index contributed by atoms with van der Waals surface area (Å²) in [6.07, 6.45) is 11.9. The number of nitrogens with zero attached hydrogens (tertiary/aromatic N) is 5. The maximum absolute atomic E-state index is 14.3. The molecule has 10 N–H and O–H groups in total. The van der Waals surface area contributed by atoms with Crippen LogP contribution in [0.5, 0.6) is 11.5 Å². The quantitative estimate of drug-likeness (QED) is 0.0161. The van der Waals surface area contributed by atoms with E-state index in [-0.39, 0.29) is 52.1 Å². The number of anilines is 3. The van der Waals surface area contributed by atoms with Crippen LogP contribution < -0.4 is 41.5 Å². The molecule has 0 unspecified atom stereocenters. The van der Waals surface area contributed by atoms with Crippen LogP contribution in [0.3, 0.4) is 0 Å². The van der Waals surface area contributed by atoms with Gasteiger partial charge in [0, 0.05) is 80.1 Å². The molecule has 4 aromatic carbocycles. The van der Waals surface area contributed by atoms with Crippen molar-refractivity contribution >= 4 is 84.4 Å². The second-order valence-electron chi connectivity index (χ2n) is 28.7. The molecule has 3 aliphatic heterocycles. The topological polar surface area (TPSA) is 271 Å². The number of ether oxygens (including phenoxy) is 1. The summed E-state index contributed by atoms with van der Waals surface area (Å²) in [6.45, 7) is 21.4. The number of hydrogen-bond acceptors (Lipinski definition) is 18. The number of carbonyl (C=O) groups excluding carboxylic acids is 3. The SMILES string of the molecule is Cc1ncsc1-c1ccc(CNC(=O)[C@@H]2C[C@@H](O)CN2C(=O)[C@@H](NCCCCN2CCC(N3CCC(CNc4ccc(S(=O)(=O)NC(=O)c5ccc(NCCNCC6=C(c7ccc(Cl)cc7)CC(C)(C)CC6)cc5Oc5cnc6[nH]ccc6c5)cc4NO)CC3)CC2)C(C)(C)C)cc1. The number of aliphatic hydroxyl groups excluding tert-OH is 1. The van der Waals surface area contributed by atoms with Crippen LogP contribution in [0.4, 0.5) is 17.1 Å². The summed E-state index contributed by atoms with van der Waals surface area (Å²) in [6, 6.07) is 28.3. The highest BCUT2D eigenvalue weighted by Crippen LogP contribution is 2.43. The molecule has 0 radical (unpaired) electrons. The number of piperidine rings is 2. The van der Waals surface area contributed by atoms with Crippen LogP contribution in [0.1, 0.15) is 126 Å². The molecule has 0 spiro atoms. The van der Waals surface area contributed by atoms with Crippen molar-refractivity contribution in [2.75, 3.05) is 88.1 Å². The summed E-state index contributed by atoms with van der Waals surface area (Å²) in [7, 11) is -4.45. The lowest BCUT2D eigenvalue weighted by Gasteiger charge is -2.42. The van der Waals surface area contributed by atoms with Gasteiger partial charge in [-0.1, -0.05) is 88.2 Å². The van der Waals surface area contributed by atoms with Crippen molar-refractivity contribution in [3.8, 4) is 21.9 Å². The molecule has 3 amide bonds. The Hall–Kier alpha value is -7.45. The number of aromatic nitrogens is 3. The summed E-state index contributed by atoms with van der Waals surface area (Å²) >= 11 is 7.84. The Morgan fingerprint density at radius 1 is 0.857 bits per heavy atom. The number of pyridine rings is 1. The summed E-state index contributed by atoms with van der Waals surface area (Å²) < 4.78 is 36.5. The predicted molar refractivity (Wildman–Crippen MR) is 389 cm³/mol. The van der Waals surface area contributed by atoms with E-state index in [0.29, 0.717) is 72.5 Å². The van der Waals surface area contributed by atoms with E-state index in [1.165, 1.54) is 41.1 Å². The standard InChI is InChI=1S/C74H96ClN13O8S2/c1-48-67(97-47-83-48)52-11-9-49(10-12-52)43-82-71(91)65-39-58(89)46-88(65)72(92)68(73(2,3)4)78-28-7-8-32-86-33-25-57(26-34-86)87-35-23-50(24-36-87)42-80-63-20-18-60(40-64(63)84-93)98(94,95)85-70(90)61-19-17-56(38-66(61)96-59-37-53-22-29-79-69(53)81-45-59)77-31-30-76-44-54-21-27-74(5,6)41-62(54)51-13-15-55(75)16-14-51/h9-20,22,29,37-38,40,45,47,50,57-58,65,68,76-78,80,84,89,93H,7-8,21,23-28,30-36,39,41-44,46H2,1-6H3,(H,79,81)(H,82,91)(H,85,90)/t58-,65+,68-/m1/s1. The van der Waals surface area contributed by atoms with Crippen LogP contribution in [-0.2, 0) is 26.2 Å². The molecule has 98 heavy (non-hydrogen) atoms. The zero-order valence-electron chi connectivity index (χ0n) is 57.2. The molecule has 0 bridgehead atoms. The lowest BCUT2D eigenvalue weighted by Crippen LogP contribution is -2.56. The van der Waals surface area contributed by atoms with Crippen molar-refractivity contribution in [1.82, 2.24) is 50.3 Å². The van der Waals surface area contributed by atoms with Gasteiger partial charge in [0.15, 0.2) is 0 Å². The van der Waals surface area contributed by atoms with Crippen molar-refractivity contribution in [1.29, 1.82) is 0 Å². The van der Waals surface area contributed by atoms with Gasteiger partial charge in [-0.25, -0.2) is 23.1 Å². The third kappa shape index (κ3) is 18.5. The van der Waals surface area contributed by atoms with Crippen molar-refractivity contribution in [3.05, 3.63) is 148 Å². The third-order valence-corrected chi connectivity index (χ3v) is 22.3. The number of aryl methyl sites for hydroxylation is 1. The number of sulfonamides is 1. The number of thiazole rings is 1. The number of amides is 3. The van der Waals surface area contributed by atoms with Gasteiger partial charge in [-0.3, -0.25) is 25.1 Å². The molecule has 3 saturated heterocycles. The molecule has 1 aliphatic carbocycles. The van der Waals surface area contributed by atoms with E-state index in [9.17, 15) is 33.1 Å². The minimum absolute atomic E-state index is 0.0132. The molecule has 24 heteroatoms. The molecule has 7 aromatic rings. The molecule has 6 heterocycles. The van der Waals surface area contributed by atoms with Crippen LogP contribution in [0, 0.1) is 23.7 Å². The van der Waals surface area contributed by atoms with Crippen LogP contribution >= 0.6 is 22.9 Å². The van der Waals surface area contributed by atoms with Crippen molar-refractivity contribution in [3.63, 3.8) is 0 Å². The zero-order valence-corrected chi connectivity index (χ0v) is 59.6. The number of halogens is 1. The van der Waals surface area contributed by atoms with Crippen LogP contribution in [0.15, 0.2) is 125 Å². The number of aromatic amines is 1. The molecule has 11 rings (SSSR count). The Labute approximate surface area is 585 Å². The smallest absolute Gasteiger partial charge is 0.268 e. The average molecular weight is 1400 g/mol. The minimum Gasteiger partial charge on any atom is -0.455 e. The van der Waals surface area contributed by atoms with Gasteiger partial charge in [-0.05, 0) is 198 Å². The van der Waals surface area contributed by atoms with Gasteiger partial charge in [0.1, 0.15) is 23.2 Å². The van der Waals surface area contributed by atoms with Crippen LogP contribution in [-0.4, -0.2) is 162 Å². The minimum atomic E-state index is -4.45. The number of β-amino-alcohol motifs (C(OH)–C–C–N with tert-alkyl or cyclic N) is 1. The fourth-order valence-corrected chi connectivity index (χ4v) is 16.0. The second kappa shape index (κ2) is 32.3. The number of aliphatic hydroxyl groups is 1. The fourth-order valence-electron chi connectivity index (χ4n) is 14.1. The number of carbonyl (C=O) groups is 3. The summed E-state index contributed by atoms with van der Waals surface area (Å²) in [4.78, 5) is 61.5. The van der Waals surface area contributed by atoms with Crippen LogP contribution in [0.2, 0.25) is 5.02 Å². The largest absolute Gasteiger partial charge is 0.455 e. The number of hydrogen-bond donors (Lipinski definition) is 10. The number of rotatable bonds is 28. The Balaban J connectivity index is 0.607. The summed E-state index contributed by atoms with van der Waals surface area (Å²) in [5.41, 5.74) is 12.8. The number of likely N-dealkylation sites (tertiary alicyclic amines) is 3. The molecule has 524 valence electrons. The fraction of sp³-hybridized carbons (Fsp3) is 0.473. The van der Waals surface area contributed by atoms with Crippen molar-refractivity contribution in [2.24, 2.45) is 16.7 Å². The van der Waals surface area contributed by atoms with E-state index in [0.717, 1.165) is 124 Å². The first-order valence-electron chi connectivity index (χ1n) is 34.5. The molecule has 0 saturated carbocycles. The number of allylic oxidation sites excluding steroid dienone is 1. The number of unbranched alkanes of at least 4 members (excludes halogenated alkanes) is 1. The normalized spacial score (nSPS) is 18.6. The Kier molecular flexibility index (Phi) is 23.6. The van der Waals surface area contributed by atoms with Gasteiger partial charge in [0.2, 0.25) is 11.8 Å². The highest BCUT2D eigenvalue weighted by molar-refractivity contribution is 7.90. The Bertz CT molecular complexity index is 4030. The van der Waals surface area contributed by atoms with E-state index in [2.05, 4.69) is 87.5 Å². The molecular weight excluding hydrogens is 1300 g/mol. The van der Waals surface area contributed by atoms with Gasteiger partial charge in [-0.2, -0.15) is 0 Å². The Morgan fingerprint density at radius 2 is 1.62 bits per heavy atom. The molecule has 3 aromatic heterocycles.